The van der Waals surface area contributed by atoms with Gasteiger partial charge in [0.1, 0.15) is 6.61 Å². The van der Waals surface area contributed by atoms with E-state index < -0.39 is 0 Å². The van der Waals surface area contributed by atoms with Crippen LogP contribution in [0, 0.1) is 0 Å². The lowest BCUT2D eigenvalue weighted by molar-refractivity contribution is -0.140. The molecule has 0 amide bonds. The van der Waals surface area contributed by atoms with E-state index in [0.717, 1.165) is 12.0 Å². The van der Waals surface area contributed by atoms with Gasteiger partial charge in [-0.05, 0) is 32.8 Å². The number of allylic oxidation sites excluding steroid dienone is 2. The van der Waals surface area contributed by atoms with Gasteiger partial charge in [0.2, 0.25) is 0 Å². The van der Waals surface area contributed by atoms with Crippen molar-refractivity contribution in [2.24, 2.45) is 0 Å². The zero-order valence-corrected chi connectivity index (χ0v) is 8.94. The third-order valence-corrected chi connectivity index (χ3v) is 1.85. The summed E-state index contributed by atoms with van der Waals surface area (Å²) in [7, 11) is 0. The molecular formula is C11H18O2. The zero-order valence-electron chi connectivity index (χ0n) is 8.94. The van der Waals surface area contributed by atoms with Crippen molar-refractivity contribution in [1.82, 2.24) is 0 Å². The Bertz CT molecular complexity index is 232. The minimum Gasteiger partial charge on any atom is -0.461 e. The minimum absolute atomic E-state index is 0.254. The molecule has 0 unspecified atom stereocenters. The predicted molar refractivity (Wildman–Crippen MR) is 54.4 cm³/mol. The summed E-state index contributed by atoms with van der Waals surface area (Å²) < 4.78 is 4.82. The average molecular weight is 182 g/mol. The minimum atomic E-state index is -0.254. The van der Waals surface area contributed by atoms with Gasteiger partial charge >= 0.3 is 5.97 Å². The molecule has 0 spiro atoms. The van der Waals surface area contributed by atoms with Gasteiger partial charge in [0, 0.05) is 6.92 Å². The highest BCUT2D eigenvalue weighted by molar-refractivity contribution is 5.66. The maximum atomic E-state index is 10.5. The van der Waals surface area contributed by atoms with E-state index in [0.29, 0.717) is 6.61 Å². The Morgan fingerprint density at radius 2 is 1.77 bits per heavy atom. The largest absolute Gasteiger partial charge is 0.461 e. The molecule has 0 bridgehead atoms. The third kappa shape index (κ3) is 6.14. The SMILES string of the molecule is C=C(COC(C)=O)CC(C)=C(C)C. The summed E-state index contributed by atoms with van der Waals surface area (Å²) in [6.07, 6.45) is 0.815. The summed E-state index contributed by atoms with van der Waals surface area (Å²) in [6, 6.07) is 0. The van der Waals surface area contributed by atoms with Gasteiger partial charge in [-0.3, -0.25) is 4.79 Å². The first-order valence-corrected chi connectivity index (χ1v) is 4.36. The van der Waals surface area contributed by atoms with E-state index in [1.807, 2.05) is 0 Å². The summed E-state index contributed by atoms with van der Waals surface area (Å²) >= 11 is 0. The first-order chi connectivity index (χ1) is 5.93. The molecule has 0 aliphatic carbocycles. The van der Waals surface area contributed by atoms with Crippen LogP contribution in [0.4, 0.5) is 0 Å². The van der Waals surface area contributed by atoms with Gasteiger partial charge in [-0.25, -0.2) is 0 Å². The fourth-order valence-corrected chi connectivity index (χ4v) is 0.807. The van der Waals surface area contributed by atoms with E-state index in [1.54, 1.807) is 0 Å². The second kappa shape index (κ2) is 5.57. The van der Waals surface area contributed by atoms with Crippen LogP contribution in [-0.4, -0.2) is 12.6 Å². The molecule has 13 heavy (non-hydrogen) atoms. The standard InChI is InChI=1S/C11H18O2/c1-8(2)10(4)6-9(3)7-13-11(5)12/h3,6-7H2,1-2,4-5H3. The first-order valence-electron chi connectivity index (χ1n) is 4.36. The molecule has 0 saturated carbocycles. The van der Waals surface area contributed by atoms with Crippen molar-refractivity contribution in [2.75, 3.05) is 6.61 Å². The van der Waals surface area contributed by atoms with Gasteiger partial charge in [-0.2, -0.15) is 0 Å². The van der Waals surface area contributed by atoms with Crippen molar-refractivity contribution in [2.45, 2.75) is 34.1 Å². The van der Waals surface area contributed by atoms with Crippen molar-refractivity contribution in [3.8, 4) is 0 Å². The number of hydrogen-bond donors (Lipinski definition) is 0. The van der Waals surface area contributed by atoms with E-state index in [2.05, 4.69) is 27.4 Å². The van der Waals surface area contributed by atoms with Crippen LogP contribution in [0.1, 0.15) is 34.1 Å². The fourth-order valence-electron chi connectivity index (χ4n) is 0.807. The van der Waals surface area contributed by atoms with E-state index in [4.69, 9.17) is 4.74 Å². The molecule has 0 aromatic rings. The monoisotopic (exact) mass is 182 g/mol. The normalized spacial score (nSPS) is 9.23. The van der Waals surface area contributed by atoms with Gasteiger partial charge in [0.15, 0.2) is 0 Å². The van der Waals surface area contributed by atoms with Crippen LogP contribution in [0.2, 0.25) is 0 Å². The molecule has 0 atom stereocenters. The van der Waals surface area contributed by atoms with Gasteiger partial charge < -0.3 is 4.74 Å². The maximum absolute atomic E-state index is 10.5. The van der Waals surface area contributed by atoms with Crippen LogP contribution in [0.15, 0.2) is 23.3 Å². The lowest BCUT2D eigenvalue weighted by atomic mass is 10.1. The van der Waals surface area contributed by atoms with E-state index >= 15 is 0 Å². The van der Waals surface area contributed by atoms with Crippen molar-refractivity contribution in [3.05, 3.63) is 23.3 Å². The Morgan fingerprint density at radius 3 is 2.15 bits per heavy atom. The molecule has 0 radical (unpaired) electrons. The molecule has 0 fully saturated rings. The van der Waals surface area contributed by atoms with Gasteiger partial charge in [0.05, 0.1) is 0 Å². The Balaban J connectivity index is 3.89. The number of ether oxygens (including phenoxy) is 1. The molecule has 0 rings (SSSR count). The fraction of sp³-hybridized carbons (Fsp3) is 0.545. The Labute approximate surface area is 80.3 Å². The molecule has 2 heteroatoms. The quantitative estimate of drug-likeness (QED) is 0.493. The molecular weight excluding hydrogens is 164 g/mol. The molecule has 0 N–H and O–H groups in total. The van der Waals surface area contributed by atoms with Gasteiger partial charge in [-0.15, -0.1) is 0 Å². The zero-order chi connectivity index (χ0) is 10.4. The van der Waals surface area contributed by atoms with Crippen LogP contribution in [0.25, 0.3) is 0 Å². The Hall–Kier alpha value is -1.05. The summed E-state index contributed by atoms with van der Waals surface area (Å²) in [5.41, 5.74) is 3.52. The van der Waals surface area contributed by atoms with Gasteiger partial charge in [0.25, 0.3) is 0 Å². The Kier molecular flexibility index (Phi) is 5.12. The smallest absolute Gasteiger partial charge is 0.302 e. The van der Waals surface area contributed by atoms with Crippen LogP contribution in [0.3, 0.4) is 0 Å². The third-order valence-electron chi connectivity index (χ3n) is 1.85. The summed E-state index contributed by atoms with van der Waals surface area (Å²) in [5, 5.41) is 0. The van der Waals surface area contributed by atoms with E-state index in [9.17, 15) is 4.79 Å². The highest BCUT2D eigenvalue weighted by atomic mass is 16.5. The van der Waals surface area contributed by atoms with E-state index in [-0.39, 0.29) is 5.97 Å². The summed E-state index contributed by atoms with van der Waals surface area (Å²) in [6.45, 7) is 11.8. The topological polar surface area (TPSA) is 26.3 Å². The number of hydrogen-bond acceptors (Lipinski definition) is 2. The van der Waals surface area contributed by atoms with Crippen molar-refractivity contribution >= 4 is 5.97 Å². The molecule has 0 aromatic heterocycles. The molecule has 2 nitrogen and oxygen atoms in total. The average Bonchev–Trinajstić information content (AvgIpc) is 2.00. The van der Waals surface area contributed by atoms with Crippen LogP contribution >= 0.6 is 0 Å². The van der Waals surface area contributed by atoms with Crippen LogP contribution in [0.5, 0.6) is 0 Å². The predicted octanol–water partition coefficient (Wildman–Crippen LogP) is 2.85. The van der Waals surface area contributed by atoms with Crippen molar-refractivity contribution < 1.29 is 9.53 Å². The molecule has 0 aliphatic heterocycles. The van der Waals surface area contributed by atoms with Crippen molar-refractivity contribution in [3.63, 3.8) is 0 Å². The van der Waals surface area contributed by atoms with E-state index in [1.165, 1.54) is 18.1 Å². The molecule has 0 aliphatic rings. The molecule has 0 saturated heterocycles. The highest BCUT2D eigenvalue weighted by Gasteiger charge is 1.99. The second-order valence-corrected chi connectivity index (χ2v) is 3.49. The molecule has 0 aromatic carbocycles. The first kappa shape index (κ1) is 11.9. The number of carbonyl (C=O) groups excluding carboxylic acids is 1. The maximum Gasteiger partial charge on any atom is 0.302 e. The Morgan fingerprint density at radius 1 is 1.23 bits per heavy atom. The van der Waals surface area contributed by atoms with Crippen LogP contribution in [-0.2, 0) is 9.53 Å². The van der Waals surface area contributed by atoms with Crippen molar-refractivity contribution in [1.29, 1.82) is 0 Å². The number of rotatable bonds is 4. The van der Waals surface area contributed by atoms with Crippen LogP contribution < -0.4 is 0 Å². The lowest BCUT2D eigenvalue weighted by Crippen LogP contribution is -2.03. The number of esters is 1. The highest BCUT2D eigenvalue weighted by Crippen LogP contribution is 2.12. The summed E-state index contributed by atoms with van der Waals surface area (Å²) in [5.74, 6) is -0.254. The van der Waals surface area contributed by atoms with Gasteiger partial charge in [-0.1, -0.05) is 17.7 Å². The summed E-state index contributed by atoms with van der Waals surface area (Å²) in [4.78, 5) is 10.5. The molecule has 0 heterocycles. The second-order valence-electron chi connectivity index (χ2n) is 3.49. The number of carbonyl (C=O) groups is 1. The molecule has 74 valence electrons. The lowest BCUT2D eigenvalue weighted by Gasteiger charge is -2.07.